The Labute approximate surface area is 122 Å². The van der Waals surface area contributed by atoms with Crippen molar-refractivity contribution in [3.8, 4) is 0 Å². The van der Waals surface area contributed by atoms with Crippen LogP contribution in [0.5, 0.6) is 0 Å². The zero-order valence-corrected chi connectivity index (χ0v) is 12.1. The summed E-state index contributed by atoms with van der Waals surface area (Å²) in [7, 11) is -3.85. The molecule has 0 aliphatic rings. The maximum absolute atomic E-state index is 12.2. The van der Waals surface area contributed by atoms with Crippen LogP contribution in [0.1, 0.15) is 22.8 Å². The van der Waals surface area contributed by atoms with Crippen LogP contribution in [0.15, 0.2) is 47.6 Å². The van der Waals surface area contributed by atoms with Gasteiger partial charge < -0.3 is 5.11 Å². The minimum atomic E-state index is -3.85. The van der Waals surface area contributed by atoms with Crippen molar-refractivity contribution < 1.29 is 18.3 Å². The largest absolute Gasteiger partial charge is 0.478 e. The lowest BCUT2D eigenvalue weighted by Crippen LogP contribution is -2.14. The van der Waals surface area contributed by atoms with Gasteiger partial charge in [0, 0.05) is 6.20 Å². The molecule has 2 aromatic rings. The standard InChI is InChI=1S/C14H14N2O4S/c1-2-10-6-12(9-15-8-10)16-21(19,20)13-5-3-4-11(7-13)14(17)18/h3-9,16H,2H2,1H3,(H,17,18). The second kappa shape index (κ2) is 5.92. The number of hydrogen-bond acceptors (Lipinski definition) is 4. The lowest BCUT2D eigenvalue weighted by Gasteiger charge is -2.09. The molecule has 0 bridgehead atoms. The van der Waals surface area contributed by atoms with Gasteiger partial charge in [0.15, 0.2) is 0 Å². The van der Waals surface area contributed by atoms with Crippen molar-refractivity contribution in [2.45, 2.75) is 18.2 Å². The molecule has 0 fully saturated rings. The molecular weight excluding hydrogens is 292 g/mol. The lowest BCUT2D eigenvalue weighted by molar-refractivity contribution is 0.0696. The summed E-state index contributed by atoms with van der Waals surface area (Å²) < 4.78 is 26.9. The summed E-state index contributed by atoms with van der Waals surface area (Å²) in [5, 5.41) is 8.91. The smallest absolute Gasteiger partial charge is 0.335 e. The molecule has 0 aliphatic carbocycles. The summed E-state index contributed by atoms with van der Waals surface area (Å²) in [6.45, 7) is 1.94. The number of aromatic carboxylic acids is 1. The van der Waals surface area contributed by atoms with E-state index in [2.05, 4.69) is 9.71 Å². The second-order valence-electron chi connectivity index (χ2n) is 4.37. The van der Waals surface area contributed by atoms with Gasteiger partial charge >= 0.3 is 5.97 Å². The molecule has 0 radical (unpaired) electrons. The van der Waals surface area contributed by atoms with Crippen molar-refractivity contribution in [1.82, 2.24) is 4.98 Å². The number of rotatable bonds is 5. The van der Waals surface area contributed by atoms with E-state index < -0.39 is 16.0 Å². The van der Waals surface area contributed by atoms with E-state index in [0.29, 0.717) is 5.69 Å². The lowest BCUT2D eigenvalue weighted by atomic mass is 10.2. The van der Waals surface area contributed by atoms with Crippen molar-refractivity contribution in [1.29, 1.82) is 0 Å². The molecule has 0 saturated heterocycles. The Bertz CT molecular complexity index is 772. The molecule has 2 rings (SSSR count). The third-order valence-electron chi connectivity index (χ3n) is 2.85. The number of carbonyl (C=O) groups is 1. The first-order valence-electron chi connectivity index (χ1n) is 6.22. The number of anilines is 1. The van der Waals surface area contributed by atoms with Crippen molar-refractivity contribution >= 4 is 21.7 Å². The van der Waals surface area contributed by atoms with Crippen LogP contribution in [-0.2, 0) is 16.4 Å². The van der Waals surface area contributed by atoms with Crippen molar-refractivity contribution in [3.63, 3.8) is 0 Å². The number of benzene rings is 1. The Morgan fingerprint density at radius 3 is 2.71 bits per heavy atom. The van der Waals surface area contributed by atoms with Crippen LogP contribution in [0, 0.1) is 0 Å². The first kappa shape index (κ1) is 15.0. The number of nitrogens with one attached hydrogen (secondary N) is 1. The van der Waals surface area contributed by atoms with E-state index in [4.69, 9.17) is 5.11 Å². The second-order valence-corrected chi connectivity index (χ2v) is 6.06. The molecule has 0 unspecified atom stereocenters. The molecule has 0 atom stereocenters. The fourth-order valence-corrected chi connectivity index (χ4v) is 2.83. The van der Waals surface area contributed by atoms with E-state index in [9.17, 15) is 13.2 Å². The fourth-order valence-electron chi connectivity index (χ4n) is 1.75. The molecule has 0 spiro atoms. The van der Waals surface area contributed by atoms with Crippen LogP contribution in [0.4, 0.5) is 5.69 Å². The van der Waals surface area contributed by atoms with Gasteiger partial charge in [0.2, 0.25) is 0 Å². The summed E-state index contributed by atoms with van der Waals surface area (Å²) >= 11 is 0. The number of aryl methyl sites for hydroxylation is 1. The van der Waals surface area contributed by atoms with Gasteiger partial charge in [0.05, 0.1) is 22.3 Å². The van der Waals surface area contributed by atoms with E-state index in [0.717, 1.165) is 18.1 Å². The Kier molecular flexibility index (Phi) is 4.23. The molecule has 1 aromatic carbocycles. The molecule has 21 heavy (non-hydrogen) atoms. The highest BCUT2D eigenvalue weighted by atomic mass is 32.2. The highest BCUT2D eigenvalue weighted by Crippen LogP contribution is 2.17. The summed E-state index contributed by atoms with van der Waals surface area (Å²) in [6.07, 6.45) is 3.79. The molecule has 7 heteroatoms. The van der Waals surface area contributed by atoms with Gasteiger partial charge in [-0.2, -0.15) is 0 Å². The van der Waals surface area contributed by atoms with Crippen molar-refractivity contribution in [3.05, 3.63) is 53.9 Å². The van der Waals surface area contributed by atoms with Gasteiger partial charge in [-0.05, 0) is 36.2 Å². The van der Waals surface area contributed by atoms with E-state index >= 15 is 0 Å². The third-order valence-corrected chi connectivity index (χ3v) is 4.23. The SMILES string of the molecule is CCc1cncc(NS(=O)(=O)c2cccc(C(=O)O)c2)c1. The molecule has 0 aliphatic heterocycles. The Balaban J connectivity index is 2.33. The van der Waals surface area contributed by atoms with Crippen LogP contribution >= 0.6 is 0 Å². The van der Waals surface area contributed by atoms with Gasteiger partial charge in [0.1, 0.15) is 0 Å². The minimum absolute atomic E-state index is 0.0849. The van der Waals surface area contributed by atoms with Crippen LogP contribution in [0.3, 0.4) is 0 Å². The zero-order valence-electron chi connectivity index (χ0n) is 11.3. The number of sulfonamides is 1. The van der Waals surface area contributed by atoms with Gasteiger partial charge in [-0.15, -0.1) is 0 Å². The summed E-state index contributed by atoms with van der Waals surface area (Å²) in [4.78, 5) is 14.7. The normalized spacial score (nSPS) is 11.1. The predicted octanol–water partition coefficient (Wildman–Crippen LogP) is 2.14. The average molecular weight is 306 g/mol. The Hall–Kier alpha value is -2.41. The van der Waals surface area contributed by atoms with Gasteiger partial charge in [0.25, 0.3) is 10.0 Å². The first-order valence-corrected chi connectivity index (χ1v) is 7.71. The molecule has 2 N–H and O–H groups in total. The van der Waals surface area contributed by atoms with Crippen LogP contribution in [-0.4, -0.2) is 24.5 Å². The molecule has 1 aromatic heterocycles. The van der Waals surface area contributed by atoms with E-state index in [1.165, 1.54) is 24.4 Å². The van der Waals surface area contributed by atoms with E-state index in [1.54, 1.807) is 12.3 Å². The zero-order chi connectivity index (χ0) is 15.5. The average Bonchev–Trinajstić information content (AvgIpc) is 2.47. The molecule has 6 nitrogen and oxygen atoms in total. The first-order chi connectivity index (χ1) is 9.92. The van der Waals surface area contributed by atoms with Crippen LogP contribution in [0.2, 0.25) is 0 Å². The molecule has 0 saturated carbocycles. The van der Waals surface area contributed by atoms with Gasteiger partial charge in [-0.1, -0.05) is 13.0 Å². The number of carboxylic acids is 1. The monoisotopic (exact) mass is 306 g/mol. The van der Waals surface area contributed by atoms with Gasteiger partial charge in [-0.3, -0.25) is 9.71 Å². The number of nitrogens with zero attached hydrogens (tertiary/aromatic N) is 1. The minimum Gasteiger partial charge on any atom is -0.478 e. The number of pyridine rings is 1. The van der Waals surface area contributed by atoms with Crippen molar-refractivity contribution in [2.24, 2.45) is 0 Å². The molecule has 110 valence electrons. The van der Waals surface area contributed by atoms with Gasteiger partial charge in [-0.25, -0.2) is 13.2 Å². The number of aromatic nitrogens is 1. The Morgan fingerprint density at radius 1 is 1.29 bits per heavy atom. The fraction of sp³-hybridized carbons (Fsp3) is 0.143. The number of hydrogen-bond donors (Lipinski definition) is 2. The summed E-state index contributed by atoms with van der Waals surface area (Å²) in [5.74, 6) is -1.18. The van der Waals surface area contributed by atoms with E-state index in [1.807, 2.05) is 6.92 Å². The number of carboxylic acid groups (broad SMARTS) is 1. The maximum atomic E-state index is 12.2. The summed E-state index contributed by atoms with van der Waals surface area (Å²) in [5.41, 5.74) is 1.16. The van der Waals surface area contributed by atoms with E-state index in [-0.39, 0.29) is 10.5 Å². The highest BCUT2D eigenvalue weighted by molar-refractivity contribution is 7.92. The maximum Gasteiger partial charge on any atom is 0.335 e. The van der Waals surface area contributed by atoms with Crippen LogP contribution < -0.4 is 4.72 Å². The molecular formula is C14H14N2O4S. The molecule has 0 amide bonds. The van der Waals surface area contributed by atoms with Crippen molar-refractivity contribution in [2.75, 3.05) is 4.72 Å². The highest BCUT2D eigenvalue weighted by Gasteiger charge is 2.16. The Morgan fingerprint density at radius 2 is 2.05 bits per heavy atom. The topological polar surface area (TPSA) is 96.4 Å². The quantitative estimate of drug-likeness (QED) is 0.882. The third kappa shape index (κ3) is 3.57. The van der Waals surface area contributed by atoms with Crippen LogP contribution in [0.25, 0.3) is 0 Å². The predicted molar refractivity (Wildman–Crippen MR) is 77.8 cm³/mol. The molecule has 1 heterocycles. The summed E-state index contributed by atoms with van der Waals surface area (Å²) in [6, 6.07) is 6.86.